The standard InChI is InChI=1S/C9H12BrFN2/c1-5-7(10)13-6(8(11)12-5)9(2,3)4/h1-4H3. The molecule has 0 aliphatic rings. The van der Waals surface area contributed by atoms with E-state index in [-0.39, 0.29) is 5.41 Å². The van der Waals surface area contributed by atoms with Crippen LogP contribution in [0.1, 0.15) is 32.2 Å². The first kappa shape index (κ1) is 10.6. The van der Waals surface area contributed by atoms with Crippen molar-refractivity contribution in [2.24, 2.45) is 0 Å². The molecule has 0 radical (unpaired) electrons. The van der Waals surface area contributed by atoms with E-state index in [2.05, 4.69) is 25.9 Å². The summed E-state index contributed by atoms with van der Waals surface area (Å²) in [5.41, 5.74) is 0.656. The third kappa shape index (κ3) is 2.24. The SMILES string of the molecule is Cc1nc(F)c(C(C)(C)C)nc1Br. The van der Waals surface area contributed by atoms with Crippen LogP contribution in [0.5, 0.6) is 0 Å². The van der Waals surface area contributed by atoms with Crippen molar-refractivity contribution in [1.82, 2.24) is 9.97 Å². The minimum absolute atomic E-state index is 0.312. The second kappa shape index (κ2) is 3.33. The molecule has 1 aromatic rings. The fraction of sp³-hybridized carbons (Fsp3) is 0.556. The van der Waals surface area contributed by atoms with Gasteiger partial charge in [-0.2, -0.15) is 4.39 Å². The highest BCUT2D eigenvalue weighted by Gasteiger charge is 2.22. The Morgan fingerprint density at radius 1 is 1.23 bits per heavy atom. The molecule has 0 amide bonds. The zero-order valence-electron chi connectivity index (χ0n) is 8.15. The summed E-state index contributed by atoms with van der Waals surface area (Å²) in [5.74, 6) is -0.479. The Morgan fingerprint density at radius 3 is 2.23 bits per heavy atom. The summed E-state index contributed by atoms with van der Waals surface area (Å²) in [4.78, 5) is 7.89. The average molecular weight is 247 g/mol. The third-order valence-corrected chi connectivity index (χ3v) is 2.43. The van der Waals surface area contributed by atoms with E-state index in [0.717, 1.165) is 0 Å². The maximum absolute atomic E-state index is 13.3. The largest absolute Gasteiger partial charge is 0.239 e. The van der Waals surface area contributed by atoms with Gasteiger partial charge < -0.3 is 0 Å². The van der Waals surface area contributed by atoms with Crippen LogP contribution in [0.25, 0.3) is 0 Å². The van der Waals surface area contributed by atoms with Crippen molar-refractivity contribution in [2.45, 2.75) is 33.1 Å². The summed E-state index contributed by atoms with van der Waals surface area (Å²) in [7, 11) is 0. The zero-order valence-corrected chi connectivity index (χ0v) is 9.74. The fourth-order valence-corrected chi connectivity index (χ4v) is 1.21. The molecule has 4 heteroatoms. The molecule has 0 spiro atoms. The molecule has 1 aromatic heterocycles. The van der Waals surface area contributed by atoms with E-state index in [9.17, 15) is 4.39 Å². The molecular weight excluding hydrogens is 235 g/mol. The van der Waals surface area contributed by atoms with Crippen molar-refractivity contribution >= 4 is 15.9 Å². The molecule has 72 valence electrons. The van der Waals surface area contributed by atoms with Crippen LogP contribution in [0.4, 0.5) is 4.39 Å². The van der Waals surface area contributed by atoms with Crippen LogP contribution < -0.4 is 0 Å². The Kier molecular flexibility index (Phi) is 2.71. The molecule has 1 heterocycles. The van der Waals surface area contributed by atoms with Gasteiger partial charge >= 0.3 is 0 Å². The minimum Gasteiger partial charge on any atom is -0.239 e. The quantitative estimate of drug-likeness (QED) is 0.704. The van der Waals surface area contributed by atoms with Crippen LogP contribution in [0.3, 0.4) is 0 Å². The van der Waals surface area contributed by atoms with Crippen LogP contribution in [-0.4, -0.2) is 9.97 Å². The first-order valence-electron chi connectivity index (χ1n) is 4.02. The normalized spacial score (nSPS) is 11.8. The van der Waals surface area contributed by atoms with Gasteiger partial charge in [-0.1, -0.05) is 20.8 Å². The van der Waals surface area contributed by atoms with Gasteiger partial charge in [0, 0.05) is 5.41 Å². The lowest BCUT2D eigenvalue weighted by Gasteiger charge is -2.18. The smallest absolute Gasteiger partial charge is 0.235 e. The summed E-state index contributed by atoms with van der Waals surface area (Å²) in [6.07, 6.45) is 0. The predicted octanol–water partition coefficient (Wildman–Crippen LogP) is 2.98. The maximum atomic E-state index is 13.3. The first-order chi connectivity index (χ1) is 5.82. The van der Waals surface area contributed by atoms with Gasteiger partial charge in [0.1, 0.15) is 10.3 Å². The highest BCUT2D eigenvalue weighted by atomic mass is 79.9. The Labute approximate surface area is 85.7 Å². The van der Waals surface area contributed by atoms with Gasteiger partial charge in [-0.25, -0.2) is 9.97 Å². The maximum Gasteiger partial charge on any atom is 0.235 e. The van der Waals surface area contributed by atoms with Crippen LogP contribution in [0.15, 0.2) is 4.60 Å². The molecule has 0 N–H and O–H groups in total. The van der Waals surface area contributed by atoms with Crippen molar-refractivity contribution in [2.75, 3.05) is 0 Å². The molecule has 1 rings (SSSR count). The van der Waals surface area contributed by atoms with Crippen LogP contribution >= 0.6 is 15.9 Å². The Hall–Kier alpha value is -0.510. The van der Waals surface area contributed by atoms with E-state index in [1.165, 1.54) is 0 Å². The van der Waals surface area contributed by atoms with E-state index in [4.69, 9.17) is 0 Å². The molecule has 0 atom stereocenters. The summed E-state index contributed by atoms with van der Waals surface area (Å²) >= 11 is 3.23. The monoisotopic (exact) mass is 246 g/mol. The fourth-order valence-electron chi connectivity index (χ4n) is 0.949. The van der Waals surface area contributed by atoms with Gasteiger partial charge in [0.2, 0.25) is 5.95 Å². The highest BCUT2D eigenvalue weighted by molar-refractivity contribution is 9.10. The third-order valence-electron chi connectivity index (χ3n) is 1.68. The zero-order chi connectivity index (χ0) is 10.2. The first-order valence-corrected chi connectivity index (χ1v) is 4.82. The molecule has 0 saturated heterocycles. The van der Waals surface area contributed by atoms with E-state index >= 15 is 0 Å². The van der Waals surface area contributed by atoms with E-state index in [1.54, 1.807) is 6.92 Å². The van der Waals surface area contributed by atoms with E-state index in [0.29, 0.717) is 16.0 Å². The number of aryl methyl sites for hydroxylation is 1. The summed E-state index contributed by atoms with van der Waals surface area (Å²) in [5, 5.41) is 0. The molecule has 0 saturated carbocycles. The number of rotatable bonds is 0. The van der Waals surface area contributed by atoms with Gasteiger partial charge in [0.05, 0.1) is 5.69 Å². The molecule has 13 heavy (non-hydrogen) atoms. The number of nitrogens with zero attached hydrogens (tertiary/aromatic N) is 2. The molecular formula is C9H12BrFN2. The Balaban J connectivity index is 3.32. The van der Waals surface area contributed by atoms with E-state index in [1.807, 2.05) is 20.8 Å². The molecule has 0 aliphatic heterocycles. The van der Waals surface area contributed by atoms with Crippen molar-refractivity contribution in [3.63, 3.8) is 0 Å². The lowest BCUT2D eigenvalue weighted by atomic mass is 9.92. The van der Waals surface area contributed by atoms with Crippen molar-refractivity contribution in [3.8, 4) is 0 Å². The molecule has 0 fully saturated rings. The Bertz CT molecular complexity index is 331. The van der Waals surface area contributed by atoms with Gasteiger partial charge in [-0.05, 0) is 22.9 Å². The molecule has 0 bridgehead atoms. The number of hydrogen-bond acceptors (Lipinski definition) is 2. The molecule has 0 unspecified atom stereocenters. The van der Waals surface area contributed by atoms with Crippen molar-refractivity contribution in [3.05, 3.63) is 21.9 Å². The van der Waals surface area contributed by atoms with Crippen molar-refractivity contribution in [1.29, 1.82) is 0 Å². The van der Waals surface area contributed by atoms with Gasteiger partial charge in [0.15, 0.2) is 0 Å². The van der Waals surface area contributed by atoms with Crippen LogP contribution in [0.2, 0.25) is 0 Å². The average Bonchev–Trinajstić information content (AvgIpc) is 1.94. The van der Waals surface area contributed by atoms with Gasteiger partial charge in [-0.15, -0.1) is 0 Å². The predicted molar refractivity (Wildman–Crippen MR) is 53.1 cm³/mol. The van der Waals surface area contributed by atoms with Gasteiger partial charge in [0.25, 0.3) is 0 Å². The summed E-state index contributed by atoms with van der Waals surface area (Å²) in [6, 6.07) is 0. The highest BCUT2D eigenvalue weighted by Crippen LogP contribution is 2.24. The molecule has 2 nitrogen and oxygen atoms in total. The molecule has 0 aromatic carbocycles. The van der Waals surface area contributed by atoms with Gasteiger partial charge in [-0.3, -0.25) is 0 Å². The minimum atomic E-state index is -0.479. The second-order valence-electron chi connectivity index (χ2n) is 3.99. The lowest BCUT2D eigenvalue weighted by molar-refractivity contribution is 0.475. The topological polar surface area (TPSA) is 25.8 Å². The number of aromatic nitrogens is 2. The second-order valence-corrected chi connectivity index (χ2v) is 4.74. The summed E-state index contributed by atoms with van der Waals surface area (Å²) < 4.78 is 13.9. The summed E-state index contributed by atoms with van der Waals surface area (Å²) in [6.45, 7) is 7.43. The van der Waals surface area contributed by atoms with Crippen LogP contribution in [-0.2, 0) is 5.41 Å². The Morgan fingerprint density at radius 2 is 1.77 bits per heavy atom. The lowest BCUT2D eigenvalue weighted by Crippen LogP contribution is -2.18. The number of hydrogen-bond donors (Lipinski definition) is 0. The van der Waals surface area contributed by atoms with E-state index < -0.39 is 5.95 Å². The number of halogens is 2. The molecule has 0 aliphatic carbocycles. The van der Waals surface area contributed by atoms with Crippen LogP contribution in [0, 0.1) is 12.9 Å². The van der Waals surface area contributed by atoms with Crippen molar-refractivity contribution < 1.29 is 4.39 Å².